The number of anilines is 1. The van der Waals surface area contributed by atoms with Crippen molar-refractivity contribution in [1.29, 1.82) is 0 Å². The lowest BCUT2D eigenvalue weighted by Gasteiger charge is -2.31. The van der Waals surface area contributed by atoms with Crippen LogP contribution in [0.5, 0.6) is 0 Å². The van der Waals surface area contributed by atoms with E-state index < -0.39 is 5.41 Å². The first kappa shape index (κ1) is 40.8. The second-order valence-corrected chi connectivity index (χ2v) is 13.1. The third-order valence-electron chi connectivity index (χ3n) is 9.57. The van der Waals surface area contributed by atoms with Crippen molar-refractivity contribution in [3.63, 3.8) is 0 Å². The Morgan fingerprint density at radius 1 is 0.649 bits per heavy atom. The Bertz CT molecular complexity index is 2430. The average molecular weight is 739 g/mol. The van der Waals surface area contributed by atoms with E-state index in [9.17, 15) is 0 Å². The van der Waals surface area contributed by atoms with Gasteiger partial charge in [0.2, 0.25) is 0 Å². The van der Waals surface area contributed by atoms with Crippen molar-refractivity contribution in [2.24, 2.45) is 5.73 Å². The third kappa shape index (κ3) is 9.47. The van der Waals surface area contributed by atoms with Crippen molar-refractivity contribution in [2.75, 3.05) is 5.73 Å². The molecule has 2 heteroatoms. The minimum Gasteiger partial charge on any atom is -0.405 e. The zero-order valence-corrected chi connectivity index (χ0v) is 32.6. The molecule has 57 heavy (non-hydrogen) atoms. The van der Waals surface area contributed by atoms with Crippen LogP contribution in [0.3, 0.4) is 0 Å². The van der Waals surface area contributed by atoms with E-state index in [-0.39, 0.29) is 0 Å². The van der Waals surface area contributed by atoms with Gasteiger partial charge in [0.25, 0.3) is 0 Å². The summed E-state index contributed by atoms with van der Waals surface area (Å²) in [4.78, 5) is 0. The van der Waals surface area contributed by atoms with E-state index in [4.69, 9.17) is 11.5 Å². The van der Waals surface area contributed by atoms with E-state index in [0.29, 0.717) is 0 Å². The van der Waals surface area contributed by atoms with Crippen LogP contribution in [-0.2, 0) is 5.41 Å². The Morgan fingerprint density at radius 2 is 1.26 bits per heavy atom. The lowest BCUT2D eigenvalue weighted by atomic mass is 9.69. The van der Waals surface area contributed by atoms with Gasteiger partial charge in [-0.05, 0) is 99.2 Å². The summed E-state index contributed by atoms with van der Waals surface area (Å²) in [5.41, 5.74) is 28.5. The monoisotopic (exact) mass is 738 g/mol. The van der Waals surface area contributed by atoms with E-state index in [1.165, 1.54) is 33.4 Å². The van der Waals surface area contributed by atoms with Crippen molar-refractivity contribution in [3.05, 3.63) is 289 Å². The first-order valence-electron chi connectivity index (χ1n) is 19.0. The predicted octanol–water partition coefficient (Wildman–Crippen LogP) is 13.5. The normalized spacial score (nSPS) is 15.5. The number of fused-ring (bicyclic) bond motifs is 7. The molecule has 1 unspecified atom stereocenters. The van der Waals surface area contributed by atoms with Gasteiger partial charge in [-0.2, -0.15) is 0 Å². The topological polar surface area (TPSA) is 52.0 Å². The van der Waals surface area contributed by atoms with E-state index in [1.807, 2.05) is 147 Å². The van der Waals surface area contributed by atoms with Crippen LogP contribution in [0, 0.1) is 0 Å². The van der Waals surface area contributed by atoms with Crippen molar-refractivity contribution in [2.45, 2.75) is 12.3 Å². The summed E-state index contributed by atoms with van der Waals surface area (Å²) >= 11 is 0. The zero-order valence-electron chi connectivity index (χ0n) is 32.6. The van der Waals surface area contributed by atoms with Gasteiger partial charge in [0.05, 0.1) is 5.41 Å². The molecule has 0 bridgehead atoms. The van der Waals surface area contributed by atoms with Crippen molar-refractivity contribution < 1.29 is 0 Å². The van der Waals surface area contributed by atoms with Crippen LogP contribution in [0.2, 0.25) is 0 Å². The van der Waals surface area contributed by atoms with E-state index in [2.05, 4.69) is 98.3 Å². The van der Waals surface area contributed by atoms with Crippen LogP contribution in [-0.4, -0.2) is 0 Å². The smallest absolute Gasteiger partial charge is 0.0726 e. The van der Waals surface area contributed by atoms with Crippen molar-refractivity contribution in [3.8, 4) is 11.1 Å². The molecule has 1 spiro atoms. The quantitative estimate of drug-likeness (QED) is 0.0946. The molecule has 280 valence electrons. The van der Waals surface area contributed by atoms with Crippen LogP contribution in [0.4, 0.5) is 5.69 Å². The molecule has 4 N–H and O–H groups in total. The molecule has 3 aliphatic rings. The van der Waals surface area contributed by atoms with Gasteiger partial charge in [0, 0.05) is 11.3 Å². The summed E-state index contributed by atoms with van der Waals surface area (Å²) in [5.74, 6) is 0. The Morgan fingerprint density at radius 3 is 1.88 bits per heavy atom. The number of nitrogen functional groups attached to an aromatic ring is 1. The molecule has 0 fully saturated rings. The van der Waals surface area contributed by atoms with Gasteiger partial charge in [0.15, 0.2) is 0 Å². The minimum absolute atomic E-state index is 0.408. The minimum atomic E-state index is -0.408. The van der Waals surface area contributed by atoms with E-state index in [0.717, 1.165) is 33.5 Å². The highest BCUT2D eigenvalue weighted by Gasteiger charge is 2.52. The lowest BCUT2D eigenvalue weighted by Crippen LogP contribution is -2.26. The Hall–Kier alpha value is -7.38. The number of hydrogen-bond donors (Lipinski definition) is 2. The van der Waals surface area contributed by atoms with E-state index >= 15 is 0 Å². The molecule has 1 atom stereocenters. The maximum atomic E-state index is 6.46. The van der Waals surface area contributed by atoms with E-state index in [1.54, 1.807) is 12.3 Å². The zero-order chi connectivity index (χ0) is 40.3. The summed E-state index contributed by atoms with van der Waals surface area (Å²) < 4.78 is 0. The standard InChI is InChI=1S/C25H20N2.2C12H12.C6H6/c1-2-19-17(14-15-26)16-8-3-5-10-20(16)25(19)21-11-6-4-9-18(21)24-22(25)12-7-13-23(24)27;1-3-4-5-8-11(2)12-9-6-7-10-12;1-2-3-4-6-9-12-10-7-5-8-11-12;1-2-4-6-5-3-1/h2-15H,1,26-27H2;3-6,8-10H,2H2,1H3;2-11H,1H2;1-6H/b15-14-;4-3-,8-5-;4-3-,9-6-;. The number of hydrogen-bond acceptors (Lipinski definition) is 2. The molecule has 3 aliphatic carbocycles. The largest absolute Gasteiger partial charge is 0.405 e. The van der Waals surface area contributed by atoms with Crippen LogP contribution in [0.25, 0.3) is 22.8 Å². The van der Waals surface area contributed by atoms with Gasteiger partial charge in [-0.15, -0.1) is 5.73 Å². The van der Waals surface area contributed by atoms with Crippen LogP contribution in [0.1, 0.15) is 34.7 Å². The number of allylic oxidation sites excluding steroid dienone is 16. The van der Waals surface area contributed by atoms with Gasteiger partial charge in [-0.25, -0.2) is 0 Å². The van der Waals surface area contributed by atoms with Gasteiger partial charge in [-0.3, -0.25) is 0 Å². The van der Waals surface area contributed by atoms with Gasteiger partial charge >= 0.3 is 0 Å². The fraction of sp³-hybridized carbons (Fsp3) is 0.0364. The molecular weight excluding hydrogens is 689 g/mol. The van der Waals surface area contributed by atoms with Gasteiger partial charge < -0.3 is 11.5 Å². The Labute approximate surface area is 339 Å². The molecule has 0 saturated heterocycles. The molecule has 5 aromatic carbocycles. The highest BCUT2D eigenvalue weighted by atomic mass is 14.6. The number of benzene rings is 5. The second-order valence-electron chi connectivity index (χ2n) is 13.1. The summed E-state index contributed by atoms with van der Waals surface area (Å²) in [6.07, 6.45) is 29.0. The fourth-order valence-corrected chi connectivity index (χ4v) is 7.17. The summed E-state index contributed by atoms with van der Waals surface area (Å²) in [6, 6.07) is 45.5. The number of nitrogens with two attached hydrogens (primary N) is 2. The lowest BCUT2D eigenvalue weighted by molar-refractivity contribution is 0.787. The predicted molar refractivity (Wildman–Crippen MR) is 248 cm³/mol. The van der Waals surface area contributed by atoms with Crippen LogP contribution in [0.15, 0.2) is 261 Å². The summed E-state index contributed by atoms with van der Waals surface area (Å²) in [5, 5.41) is 0. The Kier molecular flexibility index (Phi) is 15.0. The van der Waals surface area contributed by atoms with Crippen molar-refractivity contribution >= 4 is 17.3 Å². The first-order chi connectivity index (χ1) is 28.0. The molecule has 0 heterocycles. The van der Waals surface area contributed by atoms with Gasteiger partial charge in [0.1, 0.15) is 0 Å². The SMILES string of the molecule is C=C(/C=C\C=C/C)C1=CC=C=C1.C=C/C=C\C=C/c1ccccc1.C=CC1=C(/C=C\N)c2ccccc2C12c1ccccc1-c1c(N)cccc12.c1ccccc1. The molecule has 2 nitrogen and oxygen atoms in total. The van der Waals surface area contributed by atoms with Crippen LogP contribution < -0.4 is 11.5 Å². The summed E-state index contributed by atoms with van der Waals surface area (Å²) in [6.45, 7) is 13.7. The maximum Gasteiger partial charge on any atom is 0.0726 e. The molecule has 5 aromatic rings. The van der Waals surface area contributed by atoms with Crippen molar-refractivity contribution in [1.82, 2.24) is 0 Å². The first-order valence-corrected chi connectivity index (χ1v) is 19.0. The number of rotatable bonds is 8. The fourth-order valence-electron chi connectivity index (χ4n) is 7.17. The second kappa shape index (κ2) is 20.9. The Balaban J connectivity index is 0.000000171. The van der Waals surface area contributed by atoms with Gasteiger partial charge in [-0.1, -0.05) is 208 Å². The third-order valence-corrected chi connectivity index (χ3v) is 9.57. The highest BCUT2D eigenvalue weighted by Crippen LogP contribution is 2.62. The molecular formula is C55H50N2. The molecule has 0 aromatic heterocycles. The molecule has 8 rings (SSSR count). The molecule has 0 amide bonds. The molecule has 0 aliphatic heterocycles. The molecule has 0 radical (unpaired) electrons. The van der Waals surface area contributed by atoms with Crippen LogP contribution >= 0.6 is 0 Å². The summed E-state index contributed by atoms with van der Waals surface area (Å²) in [7, 11) is 0. The average Bonchev–Trinajstić information content (AvgIpc) is 3.98. The molecule has 0 saturated carbocycles. The highest BCUT2D eigenvalue weighted by molar-refractivity contribution is 6.00. The maximum absolute atomic E-state index is 6.46.